The predicted molar refractivity (Wildman–Crippen MR) is 145 cm³/mol. The molecule has 0 atom stereocenters. The third-order valence-electron chi connectivity index (χ3n) is 5.89. The fraction of sp³-hybridized carbons (Fsp3) is 0.179. The van der Waals surface area contributed by atoms with Crippen LogP contribution < -0.4 is 10.2 Å². The second-order valence-corrected chi connectivity index (χ2v) is 10.4. The number of amides is 1. The number of piperazine rings is 1. The number of phenolic OH excluding ortho intramolecular Hbond substituents is 1. The minimum Gasteiger partial charge on any atom is -0.508 e. The van der Waals surface area contributed by atoms with Crippen LogP contribution in [0.3, 0.4) is 0 Å². The van der Waals surface area contributed by atoms with E-state index in [0.29, 0.717) is 37.4 Å². The molecule has 0 saturated carbocycles. The van der Waals surface area contributed by atoms with Gasteiger partial charge in [0, 0.05) is 43.1 Å². The third kappa shape index (κ3) is 6.84. The Balaban J connectivity index is 1.26. The van der Waals surface area contributed by atoms with Crippen molar-refractivity contribution in [3.8, 4) is 5.75 Å². The lowest BCUT2D eigenvalue weighted by atomic mass is 10.1. The van der Waals surface area contributed by atoms with E-state index in [0.717, 1.165) is 11.3 Å². The largest absolute Gasteiger partial charge is 0.508 e. The van der Waals surface area contributed by atoms with E-state index in [1.165, 1.54) is 16.4 Å². The number of anilines is 2. The summed E-state index contributed by atoms with van der Waals surface area (Å²) in [6.07, 6.45) is 7.21. The predicted octanol–water partition coefficient (Wildman–Crippen LogP) is 4.37. The molecule has 4 rings (SSSR count). The highest BCUT2D eigenvalue weighted by molar-refractivity contribution is 7.89. The molecule has 1 heterocycles. The van der Waals surface area contributed by atoms with E-state index < -0.39 is 10.0 Å². The lowest BCUT2D eigenvalue weighted by molar-refractivity contribution is 0.102. The quantitative estimate of drug-likeness (QED) is 0.352. The molecular formula is C28H29N3O4S. The number of rotatable bonds is 8. The van der Waals surface area contributed by atoms with Gasteiger partial charge in [-0.1, -0.05) is 54.6 Å². The van der Waals surface area contributed by atoms with Crippen molar-refractivity contribution in [2.45, 2.75) is 0 Å². The van der Waals surface area contributed by atoms with Gasteiger partial charge in [0.2, 0.25) is 10.0 Å². The van der Waals surface area contributed by atoms with Crippen molar-refractivity contribution in [3.05, 3.63) is 108 Å². The van der Waals surface area contributed by atoms with Gasteiger partial charge in [-0.15, -0.1) is 0 Å². The van der Waals surface area contributed by atoms with Gasteiger partial charge in [-0.2, -0.15) is 4.31 Å². The van der Waals surface area contributed by atoms with E-state index in [-0.39, 0.29) is 17.4 Å². The first-order valence-electron chi connectivity index (χ1n) is 11.7. The van der Waals surface area contributed by atoms with E-state index in [2.05, 4.69) is 10.2 Å². The smallest absolute Gasteiger partial charge is 0.255 e. The highest BCUT2D eigenvalue weighted by Gasteiger charge is 2.26. The zero-order valence-electron chi connectivity index (χ0n) is 19.8. The lowest BCUT2D eigenvalue weighted by Gasteiger charge is -2.35. The first-order valence-corrected chi connectivity index (χ1v) is 13.3. The Morgan fingerprint density at radius 2 is 1.53 bits per heavy atom. The molecule has 1 aliphatic rings. The molecule has 8 heteroatoms. The number of nitrogens with zero attached hydrogens (tertiary/aromatic N) is 2. The summed E-state index contributed by atoms with van der Waals surface area (Å²) in [5, 5.41) is 12.2. The summed E-state index contributed by atoms with van der Waals surface area (Å²) >= 11 is 0. The molecule has 0 spiro atoms. The van der Waals surface area contributed by atoms with E-state index in [1.807, 2.05) is 54.6 Å². The molecule has 3 aromatic carbocycles. The van der Waals surface area contributed by atoms with Crippen LogP contribution in [-0.4, -0.2) is 55.7 Å². The van der Waals surface area contributed by atoms with Gasteiger partial charge in [-0.25, -0.2) is 8.42 Å². The zero-order chi connectivity index (χ0) is 25.4. The van der Waals surface area contributed by atoms with Gasteiger partial charge in [0.05, 0.1) is 5.75 Å². The molecule has 0 bridgehead atoms. The SMILES string of the molecule is O=C(Nc1ccc(O)cc1)c1ccc(N2CCN(S(=O)(=O)CC=C/C=C/c3ccccc3)CC2)cc1. The van der Waals surface area contributed by atoms with E-state index in [1.54, 1.807) is 36.4 Å². The average molecular weight is 504 g/mol. The zero-order valence-corrected chi connectivity index (χ0v) is 20.6. The standard InChI is InChI=1S/C28H29N3O4S/c32-27-16-12-25(13-17-27)29-28(33)24-10-14-26(15-11-24)30-18-20-31(21-19-30)36(34,35)22-6-2-5-9-23-7-3-1-4-8-23/h1-17,32H,18-22H2,(H,29,33)/b6-2?,9-5+. The molecule has 3 aromatic rings. The molecule has 0 radical (unpaired) electrons. The van der Waals surface area contributed by atoms with E-state index >= 15 is 0 Å². The maximum atomic E-state index is 12.7. The number of allylic oxidation sites excluding steroid dienone is 2. The van der Waals surface area contributed by atoms with Crippen molar-refractivity contribution >= 4 is 33.4 Å². The van der Waals surface area contributed by atoms with Crippen LogP contribution in [0.25, 0.3) is 6.08 Å². The second kappa shape index (κ2) is 11.7. The van der Waals surface area contributed by atoms with Gasteiger partial charge in [-0.05, 0) is 54.1 Å². The molecule has 1 aliphatic heterocycles. The minimum atomic E-state index is -3.37. The molecule has 1 saturated heterocycles. The number of carbonyl (C=O) groups is 1. The van der Waals surface area contributed by atoms with Crippen LogP contribution in [0.1, 0.15) is 15.9 Å². The number of benzene rings is 3. The number of aromatic hydroxyl groups is 1. The molecule has 0 aromatic heterocycles. The van der Waals surface area contributed by atoms with Crippen molar-refractivity contribution in [3.63, 3.8) is 0 Å². The first kappa shape index (κ1) is 25.2. The summed E-state index contributed by atoms with van der Waals surface area (Å²) in [5.41, 5.74) is 3.12. The van der Waals surface area contributed by atoms with Crippen molar-refractivity contribution in [1.82, 2.24) is 4.31 Å². The number of phenols is 1. The van der Waals surface area contributed by atoms with Crippen LogP contribution in [0.5, 0.6) is 5.75 Å². The summed E-state index contributed by atoms with van der Waals surface area (Å²) in [4.78, 5) is 14.6. The Morgan fingerprint density at radius 3 is 2.19 bits per heavy atom. The fourth-order valence-electron chi connectivity index (χ4n) is 3.89. The van der Waals surface area contributed by atoms with Crippen LogP contribution in [0.4, 0.5) is 11.4 Å². The number of carbonyl (C=O) groups excluding carboxylic acids is 1. The molecule has 0 unspecified atom stereocenters. The Hall–Kier alpha value is -3.88. The molecule has 186 valence electrons. The highest BCUT2D eigenvalue weighted by Crippen LogP contribution is 2.20. The molecule has 1 amide bonds. The Labute approximate surface area is 212 Å². The Bertz CT molecular complexity index is 1310. The average Bonchev–Trinajstić information content (AvgIpc) is 2.90. The molecular weight excluding hydrogens is 474 g/mol. The number of hydrogen-bond donors (Lipinski definition) is 2. The van der Waals surface area contributed by atoms with Crippen molar-refractivity contribution in [1.29, 1.82) is 0 Å². The minimum absolute atomic E-state index is 0.0308. The van der Waals surface area contributed by atoms with Gasteiger partial charge >= 0.3 is 0 Å². The normalized spacial score (nSPS) is 14.9. The maximum Gasteiger partial charge on any atom is 0.255 e. The van der Waals surface area contributed by atoms with E-state index in [4.69, 9.17) is 0 Å². The van der Waals surface area contributed by atoms with Crippen LogP contribution in [-0.2, 0) is 10.0 Å². The van der Waals surface area contributed by atoms with Crippen LogP contribution >= 0.6 is 0 Å². The Kier molecular flexibility index (Phi) is 8.20. The van der Waals surface area contributed by atoms with Crippen LogP contribution in [0, 0.1) is 0 Å². The topological polar surface area (TPSA) is 89.9 Å². The Morgan fingerprint density at radius 1 is 0.861 bits per heavy atom. The van der Waals surface area contributed by atoms with Crippen molar-refractivity contribution in [2.24, 2.45) is 0 Å². The molecule has 7 nitrogen and oxygen atoms in total. The molecule has 0 aliphatic carbocycles. The number of hydrogen-bond acceptors (Lipinski definition) is 5. The maximum absolute atomic E-state index is 12.7. The van der Waals surface area contributed by atoms with Gasteiger partial charge < -0.3 is 15.3 Å². The molecule has 1 fully saturated rings. The fourth-order valence-corrected chi connectivity index (χ4v) is 5.17. The van der Waals surface area contributed by atoms with E-state index in [9.17, 15) is 18.3 Å². The third-order valence-corrected chi connectivity index (χ3v) is 7.66. The number of nitrogens with one attached hydrogen (secondary N) is 1. The van der Waals surface area contributed by atoms with Crippen molar-refractivity contribution in [2.75, 3.05) is 42.1 Å². The summed E-state index contributed by atoms with van der Waals surface area (Å²) in [7, 11) is -3.37. The first-order chi connectivity index (χ1) is 17.4. The van der Waals surface area contributed by atoms with Gasteiger partial charge in [0.1, 0.15) is 5.75 Å². The summed E-state index contributed by atoms with van der Waals surface area (Å²) in [6, 6.07) is 23.4. The molecule has 36 heavy (non-hydrogen) atoms. The van der Waals surface area contributed by atoms with Crippen LogP contribution in [0.2, 0.25) is 0 Å². The van der Waals surface area contributed by atoms with Crippen LogP contribution in [0.15, 0.2) is 97.1 Å². The van der Waals surface area contributed by atoms with Gasteiger partial charge in [0.25, 0.3) is 5.91 Å². The van der Waals surface area contributed by atoms with Gasteiger partial charge in [0.15, 0.2) is 0 Å². The van der Waals surface area contributed by atoms with Crippen molar-refractivity contribution < 1.29 is 18.3 Å². The highest BCUT2D eigenvalue weighted by atomic mass is 32.2. The number of sulfonamides is 1. The monoisotopic (exact) mass is 503 g/mol. The lowest BCUT2D eigenvalue weighted by Crippen LogP contribution is -2.49. The summed E-state index contributed by atoms with van der Waals surface area (Å²) < 4.78 is 27.0. The molecule has 2 N–H and O–H groups in total. The second-order valence-electron chi connectivity index (χ2n) is 8.41. The van der Waals surface area contributed by atoms with Gasteiger partial charge in [-0.3, -0.25) is 4.79 Å². The summed E-state index contributed by atoms with van der Waals surface area (Å²) in [6.45, 7) is 1.99. The summed E-state index contributed by atoms with van der Waals surface area (Å²) in [5.74, 6) is -0.135.